The summed E-state index contributed by atoms with van der Waals surface area (Å²) in [4.78, 5) is 4.42. The van der Waals surface area contributed by atoms with E-state index >= 15 is 0 Å². The molecule has 0 saturated heterocycles. The van der Waals surface area contributed by atoms with E-state index in [2.05, 4.69) is 20.9 Å². The molecule has 0 unspecified atom stereocenters. The fourth-order valence-corrected chi connectivity index (χ4v) is 4.29. The highest BCUT2D eigenvalue weighted by Crippen LogP contribution is 2.19. The SMILES string of the molecule is N#Cc1ccc(S(=O)(=O)CCSc2ccc(Br)cn2)cc1. The van der Waals surface area contributed by atoms with Crippen LogP contribution in [0.3, 0.4) is 0 Å². The molecule has 0 fully saturated rings. The number of nitriles is 1. The van der Waals surface area contributed by atoms with Gasteiger partial charge in [0.25, 0.3) is 0 Å². The third-order valence-corrected chi connectivity index (χ3v) is 6.05. The largest absolute Gasteiger partial charge is 0.249 e. The van der Waals surface area contributed by atoms with E-state index in [9.17, 15) is 8.42 Å². The van der Waals surface area contributed by atoms with Crippen molar-refractivity contribution in [3.05, 3.63) is 52.6 Å². The molecule has 0 aliphatic carbocycles. The number of hydrogen-bond donors (Lipinski definition) is 0. The van der Waals surface area contributed by atoms with Crippen molar-refractivity contribution in [3.63, 3.8) is 0 Å². The van der Waals surface area contributed by atoms with Crippen LogP contribution in [-0.4, -0.2) is 24.9 Å². The molecule has 1 heterocycles. The Morgan fingerprint density at radius 2 is 1.90 bits per heavy atom. The highest BCUT2D eigenvalue weighted by Gasteiger charge is 2.14. The molecule has 21 heavy (non-hydrogen) atoms. The summed E-state index contributed by atoms with van der Waals surface area (Å²) in [6.45, 7) is 0. The van der Waals surface area contributed by atoms with Crippen LogP contribution in [0.25, 0.3) is 0 Å². The number of hydrogen-bond acceptors (Lipinski definition) is 5. The second kappa shape index (κ2) is 7.07. The van der Waals surface area contributed by atoms with E-state index in [1.54, 1.807) is 6.20 Å². The van der Waals surface area contributed by atoms with Crippen LogP contribution >= 0.6 is 27.7 Å². The van der Waals surface area contributed by atoms with Gasteiger partial charge in [-0.3, -0.25) is 0 Å². The summed E-state index contributed by atoms with van der Waals surface area (Å²) in [6.07, 6.45) is 1.68. The van der Waals surface area contributed by atoms with Gasteiger partial charge in [0.15, 0.2) is 9.84 Å². The average Bonchev–Trinajstić information content (AvgIpc) is 2.49. The Hall–Kier alpha value is -1.36. The van der Waals surface area contributed by atoms with Gasteiger partial charge in [-0.05, 0) is 52.3 Å². The van der Waals surface area contributed by atoms with Gasteiger partial charge in [0.05, 0.1) is 27.3 Å². The van der Waals surface area contributed by atoms with Gasteiger partial charge in [0.2, 0.25) is 0 Å². The zero-order valence-electron chi connectivity index (χ0n) is 10.9. The Morgan fingerprint density at radius 1 is 1.19 bits per heavy atom. The van der Waals surface area contributed by atoms with Gasteiger partial charge < -0.3 is 0 Å². The number of thioether (sulfide) groups is 1. The van der Waals surface area contributed by atoms with Crippen molar-refractivity contribution in [2.24, 2.45) is 0 Å². The summed E-state index contributed by atoms with van der Waals surface area (Å²) >= 11 is 4.69. The first-order valence-electron chi connectivity index (χ1n) is 5.98. The first-order valence-corrected chi connectivity index (χ1v) is 9.41. The number of aromatic nitrogens is 1. The van der Waals surface area contributed by atoms with Crippen LogP contribution in [0.4, 0.5) is 0 Å². The third kappa shape index (κ3) is 4.56. The molecule has 0 radical (unpaired) electrons. The molecule has 108 valence electrons. The molecule has 0 spiro atoms. The van der Waals surface area contributed by atoms with Crippen molar-refractivity contribution in [1.82, 2.24) is 4.98 Å². The Labute approximate surface area is 136 Å². The van der Waals surface area contributed by atoms with Crippen molar-refractivity contribution in [2.45, 2.75) is 9.92 Å². The molecular formula is C14H11BrN2O2S2. The van der Waals surface area contributed by atoms with Crippen LogP contribution in [0, 0.1) is 11.3 Å². The summed E-state index contributed by atoms with van der Waals surface area (Å²) in [7, 11) is -3.33. The molecule has 0 aliphatic rings. The molecule has 0 aliphatic heterocycles. The number of rotatable bonds is 5. The van der Waals surface area contributed by atoms with Crippen molar-refractivity contribution in [1.29, 1.82) is 5.26 Å². The smallest absolute Gasteiger partial charge is 0.179 e. The second-order valence-corrected chi connectivity index (χ2v) is 8.26. The zero-order chi connectivity index (χ0) is 15.3. The van der Waals surface area contributed by atoms with E-state index in [1.807, 2.05) is 18.2 Å². The maximum absolute atomic E-state index is 12.2. The fraction of sp³-hybridized carbons (Fsp3) is 0.143. The monoisotopic (exact) mass is 382 g/mol. The highest BCUT2D eigenvalue weighted by molar-refractivity contribution is 9.10. The summed E-state index contributed by atoms with van der Waals surface area (Å²) in [5.41, 5.74) is 0.447. The first kappa shape index (κ1) is 16.0. The van der Waals surface area contributed by atoms with Gasteiger partial charge in [-0.25, -0.2) is 13.4 Å². The lowest BCUT2D eigenvalue weighted by molar-refractivity contribution is 0.597. The molecule has 7 heteroatoms. The Kier molecular flexibility index (Phi) is 5.39. The van der Waals surface area contributed by atoms with Gasteiger partial charge >= 0.3 is 0 Å². The molecule has 4 nitrogen and oxygen atoms in total. The van der Waals surface area contributed by atoms with Crippen LogP contribution in [0.1, 0.15) is 5.56 Å². The van der Waals surface area contributed by atoms with E-state index in [1.165, 1.54) is 36.0 Å². The first-order chi connectivity index (χ1) is 10.0. The summed E-state index contributed by atoms with van der Waals surface area (Å²) in [6, 6.07) is 11.6. The number of nitrogens with zero attached hydrogens (tertiary/aromatic N) is 2. The summed E-state index contributed by atoms with van der Waals surface area (Å²) in [5, 5.41) is 9.49. The normalized spacial score (nSPS) is 11.0. The summed E-state index contributed by atoms with van der Waals surface area (Å²) < 4.78 is 25.2. The maximum atomic E-state index is 12.2. The standard InChI is InChI=1S/C14H11BrN2O2S2/c15-12-3-6-14(17-10-12)20-7-8-21(18,19)13-4-1-11(9-16)2-5-13/h1-6,10H,7-8H2. The lowest BCUT2D eigenvalue weighted by Crippen LogP contribution is -2.09. The molecule has 0 N–H and O–H groups in total. The van der Waals surface area contributed by atoms with Gasteiger partial charge in [-0.15, -0.1) is 11.8 Å². The Morgan fingerprint density at radius 3 is 2.48 bits per heavy atom. The molecule has 1 aromatic heterocycles. The zero-order valence-corrected chi connectivity index (χ0v) is 14.1. The van der Waals surface area contributed by atoms with Gasteiger partial charge in [0, 0.05) is 16.4 Å². The van der Waals surface area contributed by atoms with Gasteiger partial charge in [-0.1, -0.05) is 0 Å². The molecule has 0 saturated carbocycles. The quantitative estimate of drug-likeness (QED) is 0.741. The maximum Gasteiger partial charge on any atom is 0.179 e. The van der Waals surface area contributed by atoms with E-state index in [4.69, 9.17) is 5.26 Å². The van der Waals surface area contributed by atoms with E-state index in [-0.39, 0.29) is 10.6 Å². The Balaban J connectivity index is 1.97. The van der Waals surface area contributed by atoms with Crippen molar-refractivity contribution >= 4 is 37.5 Å². The van der Waals surface area contributed by atoms with Crippen LogP contribution in [0.5, 0.6) is 0 Å². The molecule has 0 atom stereocenters. The minimum Gasteiger partial charge on any atom is -0.249 e. The predicted octanol–water partition coefficient (Wildman–Crippen LogP) is 3.28. The third-order valence-electron chi connectivity index (χ3n) is 2.64. The minimum atomic E-state index is -3.33. The van der Waals surface area contributed by atoms with Crippen LogP contribution in [0.2, 0.25) is 0 Å². The lowest BCUT2D eigenvalue weighted by atomic mass is 10.2. The van der Waals surface area contributed by atoms with Crippen molar-refractivity contribution < 1.29 is 8.42 Å². The number of benzene rings is 1. The summed E-state index contributed by atoms with van der Waals surface area (Å²) in [5.74, 6) is 0.457. The predicted molar refractivity (Wildman–Crippen MR) is 85.9 cm³/mol. The molecule has 1 aromatic carbocycles. The molecule has 2 aromatic rings. The van der Waals surface area contributed by atoms with Crippen molar-refractivity contribution in [3.8, 4) is 6.07 Å². The lowest BCUT2D eigenvalue weighted by Gasteiger charge is -2.04. The van der Waals surface area contributed by atoms with E-state index in [0.717, 1.165) is 9.50 Å². The molecular weight excluding hydrogens is 372 g/mol. The van der Waals surface area contributed by atoms with Crippen molar-refractivity contribution in [2.75, 3.05) is 11.5 Å². The second-order valence-electron chi connectivity index (χ2n) is 4.12. The molecule has 0 amide bonds. The topological polar surface area (TPSA) is 70.8 Å². The number of pyridine rings is 1. The fourth-order valence-electron chi connectivity index (χ4n) is 1.56. The van der Waals surface area contributed by atoms with Crippen LogP contribution in [0.15, 0.2) is 57.0 Å². The van der Waals surface area contributed by atoms with Crippen LogP contribution < -0.4 is 0 Å². The van der Waals surface area contributed by atoms with Gasteiger partial charge in [0.1, 0.15) is 0 Å². The van der Waals surface area contributed by atoms with E-state index in [0.29, 0.717) is 11.3 Å². The minimum absolute atomic E-state index is 0.0291. The Bertz CT molecular complexity index is 751. The molecule has 2 rings (SSSR count). The van der Waals surface area contributed by atoms with Crippen LogP contribution in [-0.2, 0) is 9.84 Å². The highest BCUT2D eigenvalue weighted by atomic mass is 79.9. The van der Waals surface area contributed by atoms with Gasteiger partial charge in [-0.2, -0.15) is 5.26 Å². The van der Waals surface area contributed by atoms with E-state index < -0.39 is 9.84 Å². The number of sulfone groups is 1. The molecule has 0 bridgehead atoms. The average molecular weight is 383 g/mol. The number of halogens is 1.